The number of nitrogens with one attached hydrogen (secondary N) is 1. The van der Waals surface area contributed by atoms with Crippen LogP contribution in [0.1, 0.15) is 18.9 Å². The highest BCUT2D eigenvalue weighted by atomic mass is 35.5. The number of rotatable bonds is 5. The lowest BCUT2D eigenvalue weighted by Gasteiger charge is -2.20. The Hall–Kier alpha value is -2.53. The molecule has 1 aliphatic heterocycles. The van der Waals surface area contributed by atoms with Crippen molar-refractivity contribution in [1.82, 2.24) is 0 Å². The summed E-state index contributed by atoms with van der Waals surface area (Å²) >= 11 is 6.16. The Labute approximate surface area is 157 Å². The van der Waals surface area contributed by atoms with E-state index < -0.39 is 5.92 Å². The van der Waals surface area contributed by atoms with Crippen molar-refractivity contribution in [3.8, 4) is 5.75 Å². The van der Waals surface area contributed by atoms with Gasteiger partial charge in [-0.25, -0.2) is 0 Å². The summed E-state index contributed by atoms with van der Waals surface area (Å²) in [5.41, 5.74) is 2.21. The molecule has 1 fully saturated rings. The van der Waals surface area contributed by atoms with E-state index in [0.717, 1.165) is 11.3 Å². The van der Waals surface area contributed by atoms with Crippen LogP contribution >= 0.6 is 11.6 Å². The SMILES string of the molecule is CCOc1ccccc1NC(=O)[C@@H]1CC(=O)N(c2cccc(Cl)c2C)C1. The van der Waals surface area contributed by atoms with Gasteiger partial charge in [-0.15, -0.1) is 0 Å². The van der Waals surface area contributed by atoms with Crippen LogP contribution in [-0.4, -0.2) is 25.0 Å². The molecule has 3 rings (SSSR count). The second-order valence-corrected chi connectivity index (χ2v) is 6.61. The van der Waals surface area contributed by atoms with Crippen molar-refractivity contribution >= 4 is 34.8 Å². The van der Waals surface area contributed by atoms with Gasteiger partial charge in [0.25, 0.3) is 0 Å². The van der Waals surface area contributed by atoms with E-state index in [-0.39, 0.29) is 18.2 Å². The van der Waals surface area contributed by atoms with Crippen molar-refractivity contribution in [1.29, 1.82) is 0 Å². The summed E-state index contributed by atoms with van der Waals surface area (Å²) < 4.78 is 5.53. The van der Waals surface area contributed by atoms with Crippen LogP contribution in [0, 0.1) is 12.8 Å². The van der Waals surface area contributed by atoms with E-state index in [1.807, 2.05) is 38.1 Å². The van der Waals surface area contributed by atoms with Crippen molar-refractivity contribution in [3.05, 3.63) is 53.1 Å². The first kappa shape index (κ1) is 18.3. The standard InChI is InChI=1S/C20H21ClN2O3/c1-3-26-18-10-5-4-8-16(18)22-20(25)14-11-19(24)23(12-14)17-9-6-7-15(21)13(17)2/h4-10,14H,3,11-12H2,1-2H3,(H,22,25)/t14-/m1/s1. The summed E-state index contributed by atoms with van der Waals surface area (Å²) in [6, 6.07) is 12.7. The van der Waals surface area contributed by atoms with Crippen LogP contribution in [0.25, 0.3) is 0 Å². The Bertz CT molecular complexity index is 838. The minimum absolute atomic E-state index is 0.0754. The molecule has 0 bridgehead atoms. The molecule has 1 aliphatic rings. The van der Waals surface area contributed by atoms with Crippen molar-refractivity contribution in [3.63, 3.8) is 0 Å². The molecule has 2 aromatic carbocycles. The Morgan fingerprint density at radius 2 is 2.04 bits per heavy atom. The molecule has 5 nitrogen and oxygen atoms in total. The molecule has 1 atom stereocenters. The van der Waals surface area contributed by atoms with E-state index in [2.05, 4.69) is 5.32 Å². The monoisotopic (exact) mass is 372 g/mol. The third-order valence-electron chi connectivity index (χ3n) is 4.47. The third-order valence-corrected chi connectivity index (χ3v) is 4.88. The van der Waals surface area contributed by atoms with Crippen molar-refractivity contribution in [2.75, 3.05) is 23.4 Å². The molecule has 6 heteroatoms. The lowest BCUT2D eigenvalue weighted by molar-refractivity contribution is -0.122. The van der Waals surface area contributed by atoms with E-state index in [0.29, 0.717) is 29.6 Å². The second-order valence-electron chi connectivity index (χ2n) is 6.21. The first-order valence-electron chi connectivity index (χ1n) is 8.59. The Balaban J connectivity index is 1.74. The Morgan fingerprint density at radius 3 is 2.81 bits per heavy atom. The maximum atomic E-state index is 12.7. The molecule has 1 saturated heterocycles. The largest absolute Gasteiger partial charge is 0.492 e. The lowest BCUT2D eigenvalue weighted by Crippen LogP contribution is -2.28. The van der Waals surface area contributed by atoms with Crippen LogP contribution < -0.4 is 15.0 Å². The molecule has 0 spiro atoms. The number of ether oxygens (including phenoxy) is 1. The van der Waals surface area contributed by atoms with Gasteiger partial charge in [0.2, 0.25) is 11.8 Å². The molecular formula is C20H21ClN2O3. The summed E-state index contributed by atoms with van der Waals surface area (Å²) in [5.74, 6) is -0.0629. The van der Waals surface area contributed by atoms with E-state index in [9.17, 15) is 9.59 Å². The Kier molecular flexibility index (Phi) is 5.47. The van der Waals surface area contributed by atoms with E-state index in [1.54, 1.807) is 23.1 Å². The number of para-hydroxylation sites is 2. The number of carbonyl (C=O) groups is 2. The summed E-state index contributed by atoms with van der Waals surface area (Å²) in [6.45, 7) is 4.61. The average Bonchev–Trinajstić information content (AvgIpc) is 3.01. The van der Waals surface area contributed by atoms with Crippen molar-refractivity contribution < 1.29 is 14.3 Å². The van der Waals surface area contributed by atoms with Crippen molar-refractivity contribution in [2.24, 2.45) is 5.92 Å². The summed E-state index contributed by atoms with van der Waals surface area (Å²) in [6.07, 6.45) is 0.175. The molecule has 26 heavy (non-hydrogen) atoms. The highest BCUT2D eigenvalue weighted by Gasteiger charge is 2.36. The number of hydrogen-bond donors (Lipinski definition) is 1. The fourth-order valence-corrected chi connectivity index (χ4v) is 3.26. The molecule has 1 N–H and O–H groups in total. The number of anilines is 2. The predicted octanol–water partition coefficient (Wildman–Crippen LogP) is 4.04. The van der Waals surface area contributed by atoms with Crippen LogP contribution in [0.5, 0.6) is 5.75 Å². The quantitative estimate of drug-likeness (QED) is 0.861. The maximum absolute atomic E-state index is 12.7. The van der Waals surface area contributed by atoms with Crippen LogP contribution in [-0.2, 0) is 9.59 Å². The summed E-state index contributed by atoms with van der Waals surface area (Å²) in [7, 11) is 0. The van der Waals surface area contributed by atoms with Gasteiger partial charge in [0.15, 0.2) is 0 Å². The third kappa shape index (κ3) is 3.68. The zero-order chi connectivity index (χ0) is 18.7. The van der Waals surface area contributed by atoms with Gasteiger partial charge in [0.05, 0.1) is 18.2 Å². The molecule has 1 heterocycles. The zero-order valence-electron chi connectivity index (χ0n) is 14.8. The van der Waals surface area contributed by atoms with Gasteiger partial charge in [-0.2, -0.15) is 0 Å². The molecule has 0 aromatic heterocycles. The summed E-state index contributed by atoms with van der Waals surface area (Å²) in [5, 5.41) is 3.49. The lowest BCUT2D eigenvalue weighted by atomic mass is 10.1. The van der Waals surface area contributed by atoms with E-state index in [4.69, 9.17) is 16.3 Å². The number of carbonyl (C=O) groups excluding carboxylic acids is 2. The molecule has 0 unspecified atom stereocenters. The van der Waals surface area contributed by atoms with Gasteiger partial charge < -0.3 is 15.0 Å². The molecular weight excluding hydrogens is 352 g/mol. The number of amides is 2. The molecule has 2 aromatic rings. The second kappa shape index (κ2) is 7.79. The van der Waals surface area contributed by atoms with Gasteiger partial charge in [-0.05, 0) is 43.7 Å². The molecule has 136 valence electrons. The van der Waals surface area contributed by atoms with Gasteiger partial charge in [0, 0.05) is 23.7 Å². The maximum Gasteiger partial charge on any atom is 0.229 e. The van der Waals surface area contributed by atoms with Crippen LogP contribution in [0.3, 0.4) is 0 Å². The predicted molar refractivity (Wildman–Crippen MR) is 103 cm³/mol. The van der Waals surface area contributed by atoms with Crippen LogP contribution in [0.15, 0.2) is 42.5 Å². The van der Waals surface area contributed by atoms with Crippen LogP contribution in [0.2, 0.25) is 5.02 Å². The average molecular weight is 373 g/mol. The summed E-state index contributed by atoms with van der Waals surface area (Å²) in [4.78, 5) is 26.8. The normalized spacial score (nSPS) is 16.7. The van der Waals surface area contributed by atoms with Gasteiger partial charge >= 0.3 is 0 Å². The number of halogens is 1. The van der Waals surface area contributed by atoms with Crippen molar-refractivity contribution in [2.45, 2.75) is 20.3 Å². The van der Waals surface area contributed by atoms with Gasteiger partial charge in [-0.1, -0.05) is 29.8 Å². The van der Waals surface area contributed by atoms with E-state index >= 15 is 0 Å². The highest BCUT2D eigenvalue weighted by Crippen LogP contribution is 2.32. The van der Waals surface area contributed by atoms with Crippen LogP contribution in [0.4, 0.5) is 11.4 Å². The minimum Gasteiger partial charge on any atom is -0.492 e. The highest BCUT2D eigenvalue weighted by molar-refractivity contribution is 6.31. The number of hydrogen-bond acceptors (Lipinski definition) is 3. The first-order chi connectivity index (χ1) is 12.5. The first-order valence-corrected chi connectivity index (χ1v) is 8.97. The number of nitrogens with zero attached hydrogens (tertiary/aromatic N) is 1. The number of benzene rings is 2. The van der Waals surface area contributed by atoms with Gasteiger partial charge in [0.1, 0.15) is 5.75 Å². The van der Waals surface area contributed by atoms with Gasteiger partial charge in [-0.3, -0.25) is 9.59 Å². The Morgan fingerprint density at radius 1 is 1.27 bits per heavy atom. The minimum atomic E-state index is -0.421. The fraction of sp³-hybridized carbons (Fsp3) is 0.300. The fourth-order valence-electron chi connectivity index (χ4n) is 3.09. The molecule has 0 aliphatic carbocycles. The van der Waals surface area contributed by atoms with E-state index in [1.165, 1.54) is 0 Å². The smallest absolute Gasteiger partial charge is 0.229 e. The molecule has 0 saturated carbocycles. The molecule has 0 radical (unpaired) electrons. The molecule has 2 amide bonds. The topological polar surface area (TPSA) is 58.6 Å². The zero-order valence-corrected chi connectivity index (χ0v) is 15.5.